The van der Waals surface area contributed by atoms with Crippen molar-refractivity contribution in [2.75, 3.05) is 18.6 Å². The van der Waals surface area contributed by atoms with E-state index < -0.39 is 17.7 Å². The van der Waals surface area contributed by atoms with Crippen molar-refractivity contribution in [2.45, 2.75) is 40.3 Å². The number of nitrogens with zero attached hydrogens (tertiary/aromatic N) is 2. The van der Waals surface area contributed by atoms with Gasteiger partial charge in [0.1, 0.15) is 18.1 Å². The van der Waals surface area contributed by atoms with E-state index in [4.69, 9.17) is 14.2 Å². The van der Waals surface area contributed by atoms with Crippen LogP contribution in [0.2, 0.25) is 0 Å². The minimum atomic E-state index is -1.05. The fraction of sp³-hybridized carbons (Fsp3) is 0.235. The smallest absolute Gasteiger partial charge is 0.301 e. The van der Waals surface area contributed by atoms with Gasteiger partial charge in [0, 0.05) is 12.5 Å². The molecule has 4 aromatic rings. The Morgan fingerprint density at radius 1 is 1.00 bits per heavy atom. The highest BCUT2D eigenvalue weighted by Gasteiger charge is 2.48. The summed E-state index contributed by atoms with van der Waals surface area (Å²) in [7, 11) is 1.49. The molecule has 9 nitrogen and oxygen atoms in total. The van der Waals surface area contributed by atoms with Crippen molar-refractivity contribution in [1.82, 2.24) is 4.98 Å². The molecule has 44 heavy (non-hydrogen) atoms. The predicted octanol–water partition coefficient (Wildman–Crippen LogP) is 6.58. The number of anilines is 1. The molecule has 1 amide bonds. The lowest BCUT2D eigenvalue weighted by Gasteiger charge is -2.24. The normalized spacial score (nSPS) is 15.8. The first-order valence-corrected chi connectivity index (χ1v) is 14.8. The topological polar surface area (TPSA) is 115 Å². The van der Waals surface area contributed by atoms with Crippen LogP contribution < -0.4 is 19.1 Å². The predicted molar refractivity (Wildman–Crippen MR) is 168 cm³/mol. The van der Waals surface area contributed by atoms with Gasteiger partial charge in [0.05, 0.1) is 35.9 Å². The average molecular weight is 613 g/mol. The standard InChI is InChI=1S/C34H32N2O7S/c1-6-42-26-15-12-24(17-27(26)41-5)29-28(31(39)33(40)36(29)34-35-20(3)32(44-34)21(4)37)30(38)23-10-13-25(14-11-23)43-18-22-9-7-8-19(2)16-22/h7-17,29,38H,6,18H2,1-5H3. The zero-order valence-corrected chi connectivity index (χ0v) is 25.9. The molecule has 0 bridgehead atoms. The Balaban J connectivity index is 1.57. The number of aryl methyl sites for hydroxylation is 2. The highest BCUT2D eigenvalue weighted by atomic mass is 32.1. The highest BCUT2D eigenvalue weighted by molar-refractivity contribution is 7.18. The number of aromatic nitrogens is 1. The Morgan fingerprint density at radius 3 is 2.39 bits per heavy atom. The van der Waals surface area contributed by atoms with E-state index in [1.54, 1.807) is 49.4 Å². The molecule has 0 saturated carbocycles. The first-order valence-electron chi connectivity index (χ1n) is 14.0. The number of amides is 1. The van der Waals surface area contributed by atoms with Gasteiger partial charge in [0.15, 0.2) is 22.4 Å². The van der Waals surface area contributed by atoms with Crippen LogP contribution in [0.4, 0.5) is 5.13 Å². The largest absolute Gasteiger partial charge is 0.507 e. The lowest BCUT2D eigenvalue weighted by molar-refractivity contribution is -0.132. The van der Waals surface area contributed by atoms with Crippen molar-refractivity contribution in [1.29, 1.82) is 0 Å². The zero-order valence-electron chi connectivity index (χ0n) is 25.0. The number of rotatable bonds is 10. The van der Waals surface area contributed by atoms with Gasteiger partial charge in [-0.05, 0) is 68.3 Å². The van der Waals surface area contributed by atoms with Crippen molar-refractivity contribution >= 4 is 39.7 Å². The lowest BCUT2D eigenvalue weighted by Crippen LogP contribution is -2.29. The number of carbonyl (C=O) groups excluding carboxylic acids is 3. The maximum Gasteiger partial charge on any atom is 0.301 e. The number of hydrogen-bond acceptors (Lipinski definition) is 9. The van der Waals surface area contributed by atoms with E-state index >= 15 is 0 Å². The summed E-state index contributed by atoms with van der Waals surface area (Å²) < 4.78 is 17.1. The summed E-state index contributed by atoms with van der Waals surface area (Å²) in [5.41, 5.74) is 3.30. The molecule has 1 unspecified atom stereocenters. The van der Waals surface area contributed by atoms with Crippen LogP contribution in [0.15, 0.2) is 72.3 Å². The Morgan fingerprint density at radius 2 is 1.75 bits per heavy atom. The van der Waals surface area contributed by atoms with E-state index in [1.165, 1.54) is 18.9 Å². The molecule has 1 aromatic heterocycles. The second kappa shape index (κ2) is 12.7. The molecular formula is C34H32N2O7S. The molecule has 1 fully saturated rings. The summed E-state index contributed by atoms with van der Waals surface area (Å²) in [5.74, 6) is -0.846. The van der Waals surface area contributed by atoms with E-state index in [1.807, 2.05) is 38.1 Å². The molecule has 1 aliphatic heterocycles. The fourth-order valence-corrected chi connectivity index (χ4v) is 6.11. The van der Waals surface area contributed by atoms with Crippen molar-refractivity contribution in [3.8, 4) is 17.2 Å². The van der Waals surface area contributed by atoms with Gasteiger partial charge in [-0.3, -0.25) is 19.3 Å². The SMILES string of the molecule is CCOc1ccc(C2C(=C(O)c3ccc(OCc4cccc(C)c4)cc3)C(=O)C(=O)N2c2nc(C)c(C(C)=O)s2)cc1OC. The van der Waals surface area contributed by atoms with E-state index in [-0.39, 0.29) is 22.2 Å². The van der Waals surface area contributed by atoms with E-state index in [0.29, 0.717) is 52.2 Å². The number of ether oxygens (including phenoxy) is 3. The number of ketones is 2. The molecule has 2 heterocycles. The van der Waals surface area contributed by atoms with Crippen LogP contribution in [0.3, 0.4) is 0 Å². The third-order valence-electron chi connectivity index (χ3n) is 7.17. The summed E-state index contributed by atoms with van der Waals surface area (Å²) in [4.78, 5) is 45.5. The van der Waals surface area contributed by atoms with Gasteiger partial charge in [-0.1, -0.05) is 47.2 Å². The maximum atomic E-state index is 13.6. The second-order valence-corrected chi connectivity index (χ2v) is 11.3. The first-order chi connectivity index (χ1) is 21.1. The average Bonchev–Trinajstić information content (AvgIpc) is 3.52. The van der Waals surface area contributed by atoms with Crippen molar-refractivity contribution < 1.29 is 33.7 Å². The summed E-state index contributed by atoms with van der Waals surface area (Å²) >= 11 is 1.02. The third kappa shape index (κ3) is 5.93. The second-order valence-electron chi connectivity index (χ2n) is 10.3. The Labute approximate surface area is 259 Å². The first kappa shape index (κ1) is 30.5. The van der Waals surface area contributed by atoms with Crippen LogP contribution in [-0.2, 0) is 16.2 Å². The van der Waals surface area contributed by atoms with Gasteiger partial charge in [0.25, 0.3) is 5.78 Å². The van der Waals surface area contributed by atoms with Gasteiger partial charge in [-0.15, -0.1) is 0 Å². The van der Waals surface area contributed by atoms with Crippen LogP contribution in [0.1, 0.15) is 57.5 Å². The molecule has 10 heteroatoms. The van der Waals surface area contributed by atoms with Gasteiger partial charge < -0.3 is 19.3 Å². The molecule has 1 N–H and O–H groups in total. The van der Waals surface area contributed by atoms with Crippen LogP contribution in [0.5, 0.6) is 17.2 Å². The van der Waals surface area contributed by atoms with Gasteiger partial charge in [0.2, 0.25) is 0 Å². The van der Waals surface area contributed by atoms with Gasteiger partial charge in [-0.25, -0.2) is 4.98 Å². The van der Waals surface area contributed by atoms with Crippen molar-refractivity contribution in [3.05, 3.63) is 105 Å². The Bertz CT molecular complexity index is 1770. The summed E-state index contributed by atoms with van der Waals surface area (Å²) in [6.45, 7) is 7.72. The Hall–Kier alpha value is -4.96. The third-order valence-corrected chi connectivity index (χ3v) is 8.43. The van der Waals surface area contributed by atoms with Crippen LogP contribution in [0.25, 0.3) is 5.76 Å². The number of thiazole rings is 1. The van der Waals surface area contributed by atoms with Gasteiger partial charge in [-0.2, -0.15) is 0 Å². The van der Waals surface area contributed by atoms with Gasteiger partial charge >= 0.3 is 5.91 Å². The fourth-order valence-electron chi connectivity index (χ4n) is 5.12. The van der Waals surface area contributed by atoms with Crippen molar-refractivity contribution in [3.63, 3.8) is 0 Å². The number of benzene rings is 3. The molecule has 0 aliphatic carbocycles. The molecular weight excluding hydrogens is 580 g/mol. The maximum absolute atomic E-state index is 13.6. The minimum absolute atomic E-state index is 0.119. The molecule has 226 valence electrons. The number of aliphatic hydroxyl groups excluding tert-OH is 1. The molecule has 0 radical (unpaired) electrons. The zero-order chi connectivity index (χ0) is 31.5. The summed E-state index contributed by atoms with van der Waals surface area (Å²) in [5, 5.41) is 11.7. The number of hydrogen-bond donors (Lipinski definition) is 1. The van der Waals surface area contributed by atoms with E-state index in [2.05, 4.69) is 4.98 Å². The molecule has 1 saturated heterocycles. The summed E-state index contributed by atoms with van der Waals surface area (Å²) in [6, 6.07) is 18.6. The van der Waals surface area contributed by atoms with Crippen LogP contribution in [0, 0.1) is 13.8 Å². The van der Waals surface area contributed by atoms with Crippen LogP contribution >= 0.6 is 11.3 Å². The number of aliphatic hydroxyl groups is 1. The van der Waals surface area contributed by atoms with Crippen molar-refractivity contribution in [2.24, 2.45) is 0 Å². The minimum Gasteiger partial charge on any atom is -0.507 e. The van der Waals surface area contributed by atoms with E-state index in [0.717, 1.165) is 22.5 Å². The molecule has 3 aromatic carbocycles. The number of methoxy groups -OCH3 is 1. The highest BCUT2D eigenvalue weighted by Crippen LogP contribution is 2.45. The lowest BCUT2D eigenvalue weighted by atomic mass is 9.95. The molecule has 1 aliphatic rings. The number of Topliss-reactive ketones (excluding diaryl/α,β-unsaturated/α-hetero) is 2. The monoisotopic (exact) mass is 612 g/mol. The molecule has 1 atom stereocenters. The number of carbonyl (C=O) groups is 3. The quantitative estimate of drug-likeness (QED) is 0.0925. The molecule has 5 rings (SSSR count). The Kier molecular flexibility index (Phi) is 8.82. The summed E-state index contributed by atoms with van der Waals surface area (Å²) in [6.07, 6.45) is 0. The van der Waals surface area contributed by atoms with Crippen LogP contribution in [-0.4, -0.2) is 41.3 Å². The van der Waals surface area contributed by atoms with E-state index in [9.17, 15) is 19.5 Å². The molecule has 0 spiro atoms.